The molecule has 1 spiro atoms. The molecule has 0 radical (unpaired) electrons. The summed E-state index contributed by atoms with van der Waals surface area (Å²) in [5, 5.41) is 9.35. The molecular formula is C28H42N2O3. The van der Waals surface area contributed by atoms with Crippen molar-refractivity contribution in [3.05, 3.63) is 35.4 Å². The zero-order valence-electron chi connectivity index (χ0n) is 21.6. The fourth-order valence-electron chi connectivity index (χ4n) is 5.50. The molecule has 1 aliphatic heterocycles. The quantitative estimate of drug-likeness (QED) is 0.509. The monoisotopic (exact) mass is 454 g/mol. The number of carboxylic acids is 1. The highest BCUT2D eigenvalue weighted by atomic mass is 16.4. The van der Waals surface area contributed by atoms with Crippen molar-refractivity contribution >= 4 is 17.6 Å². The van der Waals surface area contributed by atoms with Crippen LogP contribution in [0.15, 0.2) is 29.3 Å². The Morgan fingerprint density at radius 3 is 2.15 bits per heavy atom. The summed E-state index contributed by atoms with van der Waals surface area (Å²) >= 11 is 0. The molecule has 3 rings (SSSR count). The van der Waals surface area contributed by atoms with Crippen LogP contribution in [0.25, 0.3) is 0 Å². The van der Waals surface area contributed by atoms with E-state index in [1.807, 2.05) is 19.1 Å². The number of rotatable bonds is 6. The van der Waals surface area contributed by atoms with Crippen molar-refractivity contribution in [1.29, 1.82) is 0 Å². The smallest absolute Gasteiger partial charge is 0.335 e. The second kappa shape index (κ2) is 9.23. The molecule has 33 heavy (non-hydrogen) atoms. The van der Waals surface area contributed by atoms with Crippen LogP contribution >= 0.6 is 0 Å². The highest BCUT2D eigenvalue weighted by molar-refractivity contribution is 6.40. The third-order valence-electron chi connectivity index (χ3n) is 7.63. The third-order valence-corrected chi connectivity index (χ3v) is 7.63. The van der Waals surface area contributed by atoms with Gasteiger partial charge in [0.1, 0.15) is 11.4 Å². The molecule has 1 aromatic rings. The van der Waals surface area contributed by atoms with Crippen molar-refractivity contribution in [2.75, 3.05) is 0 Å². The van der Waals surface area contributed by atoms with Gasteiger partial charge >= 0.3 is 5.97 Å². The molecule has 5 heteroatoms. The van der Waals surface area contributed by atoms with E-state index in [1.165, 1.54) is 0 Å². The summed E-state index contributed by atoms with van der Waals surface area (Å²) < 4.78 is 0. The Hall–Kier alpha value is -2.17. The van der Waals surface area contributed by atoms with Gasteiger partial charge in [-0.05, 0) is 79.4 Å². The first kappa shape index (κ1) is 25.5. The van der Waals surface area contributed by atoms with E-state index in [9.17, 15) is 14.7 Å². The van der Waals surface area contributed by atoms with Gasteiger partial charge in [0.05, 0.1) is 11.6 Å². The number of aromatic carboxylic acids is 1. The number of benzene rings is 1. The van der Waals surface area contributed by atoms with Gasteiger partial charge in [-0.3, -0.25) is 9.79 Å². The molecule has 1 N–H and O–H groups in total. The van der Waals surface area contributed by atoms with Gasteiger partial charge in [0.25, 0.3) is 5.91 Å². The van der Waals surface area contributed by atoms with E-state index in [0.717, 1.165) is 44.1 Å². The van der Waals surface area contributed by atoms with Crippen LogP contribution in [0, 0.1) is 16.7 Å². The zero-order chi connectivity index (χ0) is 24.6. The molecule has 1 atom stereocenters. The van der Waals surface area contributed by atoms with E-state index in [-0.39, 0.29) is 28.3 Å². The first-order valence-electron chi connectivity index (χ1n) is 12.5. The normalized spacial score (nSPS) is 24.8. The molecule has 1 aliphatic carbocycles. The van der Waals surface area contributed by atoms with E-state index in [1.54, 1.807) is 12.1 Å². The first-order valence-corrected chi connectivity index (χ1v) is 12.5. The average molecular weight is 455 g/mol. The van der Waals surface area contributed by atoms with Gasteiger partial charge in [0.15, 0.2) is 0 Å². The van der Waals surface area contributed by atoms with Crippen LogP contribution in [0.5, 0.6) is 0 Å². The van der Waals surface area contributed by atoms with Gasteiger partial charge in [-0.1, -0.05) is 60.6 Å². The Morgan fingerprint density at radius 2 is 1.70 bits per heavy atom. The van der Waals surface area contributed by atoms with Gasteiger partial charge < -0.3 is 10.0 Å². The SMILES string of the molecule is CCC1=NC2(CCC(C(C)(C)C)CC2)N([C@H](CCC(C)(C)C)c2ccc(C(=O)O)cc2)C1=O. The van der Waals surface area contributed by atoms with Crippen molar-refractivity contribution in [3.8, 4) is 0 Å². The Kier molecular flexibility index (Phi) is 7.12. The number of carboxylic acid groups (broad SMARTS) is 1. The lowest BCUT2D eigenvalue weighted by atomic mass is 9.69. The van der Waals surface area contributed by atoms with Crippen LogP contribution in [0.2, 0.25) is 0 Å². The van der Waals surface area contributed by atoms with Crippen molar-refractivity contribution in [3.63, 3.8) is 0 Å². The summed E-state index contributed by atoms with van der Waals surface area (Å²) in [7, 11) is 0. The predicted octanol–water partition coefficient (Wildman–Crippen LogP) is 6.88. The van der Waals surface area contributed by atoms with Gasteiger partial charge in [0.2, 0.25) is 0 Å². The number of hydrogen-bond acceptors (Lipinski definition) is 3. The Labute approximate surface area is 199 Å². The van der Waals surface area contributed by atoms with Crippen molar-refractivity contribution in [2.45, 2.75) is 105 Å². The minimum absolute atomic E-state index is 0.0629. The summed E-state index contributed by atoms with van der Waals surface area (Å²) in [4.78, 5) is 32.3. The highest BCUT2D eigenvalue weighted by Gasteiger charge is 2.52. The van der Waals surface area contributed by atoms with Gasteiger partial charge in [-0.25, -0.2) is 4.79 Å². The Balaban J connectivity index is 2.00. The third kappa shape index (κ3) is 5.50. The molecule has 1 saturated carbocycles. The van der Waals surface area contributed by atoms with Crippen molar-refractivity contribution in [2.24, 2.45) is 21.7 Å². The number of hydrogen-bond donors (Lipinski definition) is 1. The van der Waals surface area contributed by atoms with Gasteiger partial charge in [-0.15, -0.1) is 0 Å². The second-order valence-electron chi connectivity index (χ2n) is 12.3. The van der Waals surface area contributed by atoms with E-state index < -0.39 is 11.6 Å². The van der Waals surface area contributed by atoms with E-state index in [0.29, 0.717) is 18.1 Å². The summed E-state index contributed by atoms with van der Waals surface area (Å²) in [6.07, 6.45) is 6.36. The summed E-state index contributed by atoms with van der Waals surface area (Å²) in [5.41, 5.74) is 1.87. The van der Waals surface area contributed by atoms with Crippen LogP contribution < -0.4 is 0 Å². The van der Waals surface area contributed by atoms with Crippen LogP contribution in [-0.4, -0.2) is 33.3 Å². The summed E-state index contributed by atoms with van der Waals surface area (Å²) in [6.45, 7) is 15.6. The standard InChI is InChI=1S/C28H42N2O3/c1-8-22-24(31)30(28(29-22)17-13-21(14-18-28)27(5,6)7)23(15-16-26(2,3)4)19-9-11-20(12-10-19)25(32)33/h9-12,21,23H,8,13-18H2,1-7H3,(H,32,33)/t21?,23-,28?/m1/s1. The molecule has 2 aliphatic rings. The Morgan fingerprint density at radius 1 is 1.12 bits per heavy atom. The number of carbonyl (C=O) groups excluding carboxylic acids is 1. The maximum Gasteiger partial charge on any atom is 0.335 e. The molecular weight excluding hydrogens is 412 g/mol. The van der Waals surface area contributed by atoms with Crippen molar-refractivity contribution < 1.29 is 14.7 Å². The molecule has 0 unspecified atom stereocenters. The lowest BCUT2D eigenvalue weighted by Crippen LogP contribution is -2.51. The molecule has 0 bridgehead atoms. The fourth-order valence-corrected chi connectivity index (χ4v) is 5.50. The topological polar surface area (TPSA) is 70.0 Å². The zero-order valence-corrected chi connectivity index (χ0v) is 21.6. The maximum atomic E-state index is 13.7. The number of amides is 1. The fraction of sp³-hybridized carbons (Fsp3) is 0.679. The van der Waals surface area contributed by atoms with E-state index >= 15 is 0 Å². The largest absolute Gasteiger partial charge is 0.478 e. The average Bonchev–Trinajstić information content (AvgIpc) is 2.99. The molecule has 1 fully saturated rings. The van der Waals surface area contributed by atoms with Crippen LogP contribution in [0.1, 0.15) is 115 Å². The molecule has 0 aromatic heterocycles. The lowest BCUT2D eigenvalue weighted by molar-refractivity contribution is -0.134. The number of nitrogens with zero attached hydrogens (tertiary/aromatic N) is 2. The van der Waals surface area contributed by atoms with Gasteiger partial charge in [0, 0.05) is 0 Å². The van der Waals surface area contributed by atoms with E-state index in [4.69, 9.17) is 4.99 Å². The number of aliphatic imine (C=N–C) groups is 1. The van der Waals surface area contributed by atoms with Crippen molar-refractivity contribution in [1.82, 2.24) is 4.90 Å². The minimum Gasteiger partial charge on any atom is -0.478 e. The van der Waals surface area contributed by atoms with E-state index in [2.05, 4.69) is 46.4 Å². The predicted molar refractivity (Wildman–Crippen MR) is 134 cm³/mol. The maximum absolute atomic E-state index is 13.7. The minimum atomic E-state index is -0.932. The molecule has 1 aromatic carbocycles. The summed E-state index contributed by atoms with van der Waals surface area (Å²) in [5.74, 6) is -0.240. The molecule has 5 nitrogen and oxygen atoms in total. The first-order chi connectivity index (χ1) is 15.3. The molecule has 0 saturated heterocycles. The molecule has 182 valence electrons. The van der Waals surface area contributed by atoms with Crippen LogP contribution in [0.3, 0.4) is 0 Å². The van der Waals surface area contributed by atoms with Crippen LogP contribution in [-0.2, 0) is 4.79 Å². The Bertz CT molecular complexity index is 895. The lowest BCUT2D eigenvalue weighted by Gasteiger charge is -2.48. The number of carbonyl (C=O) groups is 2. The second-order valence-corrected chi connectivity index (χ2v) is 12.3. The van der Waals surface area contributed by atoms with Crippen LogP contribution in [0.4, 0.5) is 0 Å². The molecule has 1 amide bonds. The summed E-state index contributed by atoms with van der Waals surface area (Å²) in [6, 6.07) is 6.99. The molecule has 1 heterocycles. The van der Waals surface area contributed by atoms with Gasteiger partial charge in [-0.2, -0.15) is 0 Å². The highest BCUT2D eigenvalue weighted by Crippen LogP contribution is 2.50.